The Bertz CT molecular complexity index is 954. The average molecular weight is 407 g/mol. The minimum Gasteiger partial charge on any atom is -0.388 e. The van der Waals surface area contributed by atoms with Gasteiger partial charge in [0, 0.05) is 60.2 Å². The van der Waals surface area contributed by atoms with Gasteiger partial charge in [-0.2, -0.15) is 0 Å². The van der Waals surface area contributed by atoms with Gasteiger partial charge in [0.2, 0.25) is 5.91 Å². The summed E-state index contributed by atoms with van der Waals surface area (Å²) in [6.45, 7) is 3.09. The second-order valence-corrected chi connectivity index (χ2v) is 8.06. The number of hydrogen-bond acceptors (Lipinski definition) is 4. The number of carbonyl (C=O) groups excluding carboxylic acids is 1. The summed E-state index contributed by atoms with van der Waals surface area (Å²) in [5, 5.41) is 13.8. The molecule has 0 unspecified atom stereocenters. The second-order valence-electron chi connectivity index (χ2n) is 8.06. The highest BCUT2D eigenvalue weighted by atomic mass is 19.1. The topological polar surface area (TPSA) is 77.9 Å². The zero-order valence-corrected chi connectivity index (χ0v) is 17.3. The predicted octanol–water partition coefficient (Wildman–Crippen LogP) is 4.77. The van der Waals surface area contributed by atoms with E-state index in [1.165, 1.54) is 12.3 Å². The van der Waals surface area contributed by atoms with Crippen molar-refractivity contribution in [3.05, 3.63) is 71.7 Å². The van der Waals surface area contributed by atoms with Crippen LogP contribution in [-0.4, -0.2) is 28.8 Å². The van der Waals surface area contributed by atoms with Crippen molar-refractivity contribution in [1.29, 1.82) is 5.41 Å². The number of aromatic nitrogens is 1. The number of nitrogens with one attached hydrogen (secondary N) is 3. The zero-order valence-electron chi connectivity index (χ0n) is 17.3. The van der Waals surface area contributed by atoms with Crippen molar-refractivity contribution in [2.24, 2.45) is 0 Å². The Morgan fingerprint density at radius 1 is 1.27 bits per heavy atom. The van der Waals surface area contributed by atoms with E-state index in [1.54, 1.807) is 44.4 Å². The zero-order chi connectivity index (χ0) is 21.6. The van der Waals surface area contributed by atoms with E-state index in [2.05, 4.69) is 15.6 Å². The van der Waals surface area contributed by atoms with Gasteiger partial charge >= 0.3 is 0 Å². The maximum absolute atomic E-state index is 13.7. The number of allylic oxidation sites excluding steroid dienone is 1. The fourth-order valence-electron chi connectivity index (χ4n) is 3.00. The Hall–Kier alpha value is -3.28. The number of alkyl halides is 1. The Balaban J connectivity index is 1.66. The first-order chi connectivity index (χ1) is 14.3. The fourth-order valence-corrected chi connectivity index (χ4v) is 3.00. The van der Waals surface area contributed by atoms with Gasteiger partial charge < -0.3 is 16.0 Å². The van der Waals surface area contributed by atoms with Crippen LogP contribution >= 0.6 is 0 Å². The number of rotatable bonds is 9. The summed E-state index contributed by atoms with van der Waals surface area (Å²) in [5.74, 6) is -0.278. The van der Waals surface area contributed by atoms with E-state index in [-0.39, 0.29) is 5.91 Å². The molecule has 1 fully saturated rings. The molecule has 3 N–H and O–H groups in total. The van der Waals surface area contributed by atoms with Crippen LogP contribution in [0.25, 0.3) is 11.6 Å². The van der Waals surface area contributed by atoms with Gasteiger partial charge in [-0.3, -0.25) is 9.78 Å². The molecule has 0 saturated heterocycles. The summed E-state index contributed by atoms with van der Waals surface area (Å²) in [7, 11) is 0. The minimum absolute atomic E-state index is 0.278. The van der Waals surface area contributed by atoms with Crippen LogP contribution < -0.4 is 10.6 Å². The van der Waals surface area contributed by atoms with Gasteiger partial charge in [0.15, 0.2) is 0 Å². The summed E-state index contributed by atoms with van der Waals surface area (Å²) < 4.78 is 13.7. The number of benzene rings is 1. The quantitative estimate of drug-likeness (QED) is 0.415. The molecule has 2 aromatic rings. The predicted molar refractivity (Wildman–Crippen MR) is 120 cm³/mol. The van der Waals surface area contributed by atoms with Crippen LogP contribution in [0.3, 0.4) is 0 Å². The molecule has 1 aromatic heterocycles. The highest BCUT2D eigenvalue weighted by molar-refractivity contribution is 6.10. The van der Waals surface area contributed by atoms with Crippen LogP contribution in [-0.2, 0) is 11.2 Å². The molecule has 0 bridgehead atoms. The Morgan fingerprint density at radius 2 is 2.00 bits per heavy atom. The van der Waals surface area contributed by atoms with E-state index in [1.807, 2.05) is 24.4 Å². The smallest absolute Gasteiger partial charge is 0.248 e. The maximum atomic E-state index is 13.7. The highest BCUT2D eigenvalue weighted by Crippen LogP contribution is 2.22. The molecule has 0 aliphatic heterocycles. The SMILES string of the molecule is CC(C)(F)Cc1ccc(NC(=O)/C=C/c2cnccc2/C(C=N)=C/NC2CC2)cc1. The van der Waals surface area contributed by atoms with Crippen molar-refractivity contribution in [2.45, 2.75) is 44.8 Å². The lowest BCUT2D eigenvalue weighted by molar-refractivity contribution is -0.111. The molecule has 156 valence electrons. The van der Waals surface area contributed by atoms with Crippen molar-refractivity contribution in [2.75, 3.05) is 5.32 Å². The summed E-state index contributed by atoms with van der Waals surface area (Å²) in [4.78, 5) is 16.5. The lowest BCUT2D eigenvalue weighted by Gasteiger charge is -2.14. The first-order valence-corrected chi connectivity index (χ1v) is 10.0. The van der Waals surface area contributed by atoms with Crippen LogP contribution in [0, 0.1) is 5.41 Å². The third-order valence-electron chi connectivity index (χ3n) is 4.63. The summed E-state index contributed by atoms with van der Waals surface area (Å²) in [6, 6.07) is 9.48. The fraction of sp³-hybridized carbons (Fsp3) is 0.292. The molecule has 1 aromatic carbocycles. The third kappa shape index (κ3) is 6.65. The number of amides is 1. The van der Waals surface area contributed by atoms with Gasteiger partial charge in [-0.1, -0.05) is 12.1 Å². The van der Waals surface area contributed by atoms with Gasteiger partial charge in [-0.05, 0) is 62.1 Å². The van der Waals surface area contributed by atoms with E-state index in [0.717, 1.165) is 35.1 Å². The normalized spacial score (nSPS) is 14.6. The molecule has 0 spiro atoms. The molecule has 3 rings (SSSR count). The monoisotopic (exact) mass is 406 g/mol. The maximum Gasteiger partial charge on any atom is 0.248 e. The minimum atomic E-state index is -1.27. The van der Waals surface area contributed by atoms with E-state index < -0.39 is 5.67 Å². The summed E-state index contributed by atoms with van der Waals surface area (Å²) >= 11 is 0. The Labute approximate surface area is 176 Å². The molecule has 6 heteroatoms. The lowest BCUT2D eigenvalue weighted by Crippen LogP contribution is -2.15. The van der Waals surface area contributed by atoms with Gasteiger partial charge in [0.05, 0.1) is 0 Å². The number of carbonyl (C=O) groups is 1. The van der Waals surface area contributed by atoms with Crippen LogP contribution in [0.1, 0.15) is 43.4 Å². The van der Waals surface area contributed by atoms with Crippen LogP contribution in [0.2, 0.25) is 0 Å². The second kappa shape index (κ2) is 9.48. The summed E-state index contributed by atoms with van der Waals surface area (Å²) in [5.41, 5.74) is 2.56. The van der Waals surface area contributed by atoms with E-state index in [9.17, 15) is 9.18 Å². The largest absolute Gasteiger partial charge is 0.388 e. The standard InChI is InChI=1S/C24H27FN4O/c1-24(2,25)13-17-3-6-21(7-4-17)29-23(30)10-5-18-15-27-12-11-22(18)19(14-26)16-28-20-8-9-20/h3-7,10-12,14-16,20,26,28H,8-9,13H2,1-2H3,(H,29,30)/b10-5+,19-16+,26-14?. The third-order valence-corrected chi connectivity index (χ3v) is 4.63. The van der Waals surface area contributed by atoms with Crippen LogP contribution in [0.5, 0.6) is 0 Å². The highest BCUT2D eigenvalue weighted by Gasteiger charge is 2.19. The number of pyridine rings is 1. The Morgan fingerprint density at radius 3 is 2.63 bits per heavy atom. The first kappa shape index (κ1) is 21.4. The summed E-state index contributed by atoms with van der Waals surface area (Å²) in [6.07, 6.45) is 12.2. The molecule has 30 heavy (non-hydrogen) atoms. The van der Waals surface area contributed by atoms with Gasteiger partial charge in [-0.25, -0.2) is 4.39 Å². The molecule has 1 aliphatic carbocycles. The van der Waals surface area contributed by atoms with Gasteiger partial charge in [0.1, 0.15) is 5.67 Å². The Kier molecular flexibility index (Phi) is 6.77. The molecule has 5 nitrogen and oxygen atoms in total. The van der Waals surface area contributed by atoms with E-state index in [4.69, 9.17) is 5.41 Å². The number of anilines is 1. The molecule has 1 saturated carbocycles. The number of hydrogen-bond donors (Lipinski definition) is 3. The number of halogens is 1. The van der Waals surface area contributed by atoms with Crippen molar-refractivity contribution in [3.63, 3.8) is 0 Å². The van der Waals surface area contributed by atoms with Gasteiger partial charge in [-0.15, -0.1) is 0 Å². The molecular formula is C24H27FN4O. The molecule has 1 amide bonds. The molecule has 1 aliphatic rings. The molecule has 0 radical (unpaired) electrons. The van der Waals surface area contributed by atoms with Crippen LogP contribution in [0.15, 0.2) is 55.0 Å². The van der Waals surface area contributed by atoms with Gasteiger partial charge in [0.25, 0.3) is 0 Å². The lowest BCUT2D eigenvalue weighted by atomic mass is 10.0. The first-order valence-electron chi connectivity index (χ1n) is 10.0. The van der Waals surface area contributed by atoms with Crippen molar-refractivity contribution in [1.82, 2.24) is 10.3 Å². The van der Waals surface area contributed by atoms with Crippen LogP contribution in [0.4, 0.5) is 10.1 Å². The average Bonchev–Trinajstić information content (AvgIpc) is 3.52. The number of nitrogens with zero attached hydrogens (tertiary/aromatic N) is 1. The molecule has 0 atom stereocenters. The molecular weight excluding hydrogens is 379 g/mol. The van der Waals surface area contributed by atoms with E-state index >= 15 is 0 Å². The van der Waals surface area contributed by atoms with Crippen molar-refractivity contribution < 1.29 is 9.18 Å². The van der Waals surface area contributed by atoms with E-state index in [0.29, 0.717) is 18.2 Å². The molecule has 1 heterocycles. The van der Waals surface area contributed by atoms with Crippen molar-refractivity contribution >= 4 is 29.5 Å². The van der Waals surface area contributed by atoms with Crippen molar-refractivity contribution in [3.8, 4) is 0 Å².